The van der Waals surface area contributed by atoms with E-state index in [-0.39, 0.29) is 16.5 Å². The minimum Gasteiger partial charge on any atom is -0.508 e. The predicted molar refractivity (Wildman–Crippen MR) is 81.0 cm³/mol. The molecule has 0 fully saturated rings. The van der Waals surface area contributed by atoms with Gasteiger partial charge in [-0.25, -0.2) is 0 Å². The normalized spacial score (nSPS) is 9.80. The SMILES string of the molecule is O=[N+]([O-])c1cccc(NC(=S)Nc2cccc(O)c2)c1. The van der Waals surface area contributed by atoms with Gasteiger partial charge in [-0.3, -0.25) is 10.1 Å². The fourth-order valence-electron chi connectivity index (χ4n) is 1.57. The minimum atomic E-state index is -0.475. The van der Waals surface area contributed by atoms with Gasteiger partial charge in [0.1, 0.15) is 5.75 Å². The minimum absolute atomic E-state index is 0.0184. The number of anilines is 2. The van der Waals surface area contributed by atoms with Gasteiger partial charge in [-0.1, -0.05) is 12.1 Å². The molecular formula is C13H11N3O3S. The second kappa shape index (κ2) is 5.98. The van der Waals surface area contributed by atoms with Gasteiger partial charge in [0.25, 0.3) is 5.69 Å². The average molecular weight is 289 g/mol. The van der Waals surface area contributed by atoms with Crippen molar-refractivity contribution in [3.63, 3.8) is 0 Å². The molecule has 6 nitrogen and oxygen atoms in total. The molecule has 0 aliphatic carbocycles. The summed E-state index contributed by atoms with van der Waals surface area (Å²) in [6, 6.07) is 12.5. The van der Waals surface area contributed by atoms with Gasteiger partial charge in [0.05, 0.1) is 4.92 Å². The highest BCUT2D eigenvalue weighted by Gasteiger charge is 2.06. The summed E-state index contributed by atoms with van der Waals surface area (Å²) in [5.74, 6) is 0.119. The maximum absolute atomic E-state index is 10.7. The number of phenols is 1. The lowest BCUT2D eigenvalue weighted by molar-refractivity contribution is -0.384. The number of thiocarbonyl (C=S) groups is 1. The first-order chi connectivity index (χ1) is 9.54. The molecule has 0 unspecified atom stereocenters. The first-order valence-corrected chi connectivity index (χ1v) is 6.07. The van der Waals surface area contributed by atoms with Crippen molar-refractivity contribution in [2.45, 2.75) is 0 Å². The molecular weight excluding hydrogens is 278 g/mol. The first-order valence-electron chi connectivity index (χ1n) is 5.66. The monoisotopic (exact) mass is 289 g/mol. The average Bonchev–Trinajstić information content (AvgIpc) is 2.38. The predicted octanol–water partition coefficient (Wildman–Crippen LogP) is 3.11. The van der Waals surface area contributed by atoms with E-state index in [9.17, 15) is 15.2 Å². The lowest BCUT2D eigenvalue weighted by atomic mass is 10.3. The second-order valence-corrected chi connectivity index (χ2v) is 4.35. The lowest BCUT2D eigenvalue weighted by Crippen LogP contribution is -2.18. The third-order valence-electron chi connectivity index (χ3n) is 2.42. The molecule has 0 radical (unpaired) electrons. The highest BCUT2D eigenvalue weighted by molar-refractivity contribution is 7.80. The van der Waals surface area contributed by atoms with E-state index < -0.39 is 4.92 Å². The Labute approximate surface area is 120 Å². The summed E-state index contributed by atoms with van der Waals surface area (Å²) in [7, 11) is 0. The molecule has 3 N–H and O–H groups in total. The van der Waals surface area contributed by atoms with Crippen LogP contribution < -0.4 is 10.6 Å². The van der Waals surface area contributed by atoms with Crippen LogP contribution in [0.4, 0.5) is 17.1 Å². The van der Waals surface area contributed by atoms with Crippen LogP contribution in [0.1, 0.15) is 0 Å². The number of nitrogens with one attached hydrogen (secondary N) is 2. The van der Waals surface area contributed by atoms with Crippen molar-refractivity contribution in [3.8, 4) is 5.75 Å². The van der Waals surface area contributed by atoms with E-state index in [0.717, 1.165) is 0 Å². The summed E-state index contributed by atoms with van der Waals surface area (Å²) in [6.07, 6.45) is 0. The zero-order valence-corrected chi connectivity index (χ0v) is 11.1. The Bertz CT molecular complexity index is 661. The van der Waals surface area contributed by atoms with Gasteiger partial charge >= 0.3 is 0 Å². The Kier molecular flexibility index (Phi) is 4.11. The summed E-state index contributed by atoms with van der Waals surface area (Å²) in [4.78, 5) is 10.2. The fraction of sp³-hybridized carbons (Fsp3) is 0. The maximum atomic E-state index is 10.7. The summed E-state index contributed by atoms with van der Waals surface area (Å²) in [5.41, 5.74) is 1.11. The van der Waals surface area contributed by atoms with Crippen LogP contribution in [0.2, 0.25) is 0 Å². The number of nitro benzene ring substituents is 1. The van der Waals surface area contributed by atoms with E-state index >= 15 is 0 Å². The fourth-order valence-corrected chi connectivity index (χ4v) is 1.81. The van der Waals surface area contributed by atoms with E-state index in [0.29, 0.717) is 11.4 Å². The van der Waals surface area contributed by atoms with Crippen LogP contribution >= 0.6 is 12.2 Å². The quantitative estimate of drug-likeness (QED) is 0.457. The van der Waals surface area contributed by atoms with Crippen LogP contribution in [0.15, 0.2) is 48.5 Å². The number of rotatable bonds is 3. The molecule has 0 aliphatic rings. The molecule has 0 atom stereocenters. The van der Waals surface area contributed by atoms with Crippen LogP contribution in [0, 0.1) is 10.1 Å². The van der Waals surface area contributed by atoms with Crippen LogP contribution in [0.5, 0.6) is 5.75 Å². The standard InChI is InChI=1S/C13H11N3O3S/c17-12-6-2-4-10(8-12)15-13(20)14-9-3-1-5-11(7-9)16(18)19/h1-8,17H,(H2,14,15,20). The van der Waals surface area contributed by atoms with Crippen molar-refractivity contribution in [1.82, 2.24) is 0 Å². The number of benzene rings is 2. The highest BCUT2D eigenvalue weighted by Crippen LogP contribution is 2.18. The second-order valence-electron chi connectivity index (χ2n) is 3.94. The smallest absolute Gasteiger partial charge is 0.271 e. The van der Waals surface area contributed by atoms with Crippen molar-refractivity contribution in [2.24, 2.45) is 0 Å². The molecule has 0 amide bonds. The van der Waals surface area contributed by atoms with Crippen LogP contribution in [0.25, 0.3) is 0 Å². The van der Waals surface area contributed by atoms with Crippen LogP contribution in [-0.2, 0) is 0 Å². The molecule has 2 aromatic rings. The van der Waals surface area contributed by atoms with Gasteiger partial charge in [-0.05, 0) is 30.4 Å². The van der Waals surface area contributed by atoms with Gasteiger partial charge in [0.15, 0.2) is 5.11 Å². The summed E-state index contributed by atoms with van der Waals surface area (Å²) >= 11 is 5.10. The number of phenolic OH excluding ortho intramolecular Hbond substituents is 1. The zero-order chi connectivity index (χ0) is 14.5. The molecule has 102 valence electrons. The molecule has 0 spiro atoms. The van der Waals surface area contributed by atoms with Gasteiger partial charge in [-0.2, -0.15) is 0 Å². The summed E-state index contributed by atoms with van der Waals surface area (Å²) in [5, 5.41) is 26.0. The van der Waals surface area contributed by atoms with Gasteiger partial charge in [0.2, 0.25) is 0 Å². The van der Waals surface area contributed by atoms with Crippen molar-refractivity contribution in [2.75, 3.05) is 10.6 Å². The van der Waals surface area contributed by atoms with Crippen molar-refractivity contribution >= 4 is 34.4 Å². The molecule has 0 aromatic heterocycles. The number of nitrogens with zero attached hydrogens (tertiary/aromatic N) is 1. The molecule has 7 heteroatoms. The van der Waals surface area contributed by atoms with Gasteiger partial charge in [0, 0.05) is 29.6 Å². The largest absolute Gasteiger partial charge is 0.508 e. The van der Waals surface area contributed by atoms with Crippen molar-refractivity contribution < 1.29 is 10.0 Å². The highest BCUT2D eigenvalue weighted by atomic mass is 32.1. The number of aromatic hydroxyl groups is 1. The third kappa shape index (κ3) is 3.66. The van der Waals surface area contributed by atoms with E-state index in [4.69, 9.17) is 12.2 Å². The molecule has 0 aliphatic heterocycles. The molecule has 0 saturated carbocycles. The zero-order valence-electron chi connectivity index (χ0n) is 10.2. The molecule has 2 rings (SSSR count). The summed E-state index contributed by atoms with van der Waals surface area (Å²) in [6.45, 7) is 0. The molecule has 2 aromatic carbocycles. The van der Waals surface area contributed by atoms with E-state index in [1.54, 1.807) is 30.3 Å². The Balaban J connectivity index is 2.04. The first kappa shape index (κ1) is 13.8. The molecule has 0 bridgehead atoms. The van der Waals surface area contributed by atoms with Crippen LogP contribution in [-0.4, -0.2) is 15.1 Å². The lowest BCUT2D eigenvalue weighted by Gasteiger charge is -2.10. The topological polar surface area (TPSA) is 87.4 Å². The number of hydrogen-bond donors (Lipinski definition) is 3. The molecule has 0 heterocycles. The third-order valence-corrected chi connectivity index (χ3v) is 2.62. The number of hydrogen-bond acceptors (Lipinski definition) is 4. The summed E-state index contributed by atoms with van der Waals surface area (Å²) < 4.78 is 0. The van der Waals surface area contributed by atoms with E-state index in [1.165, 1.54) is 18.2 Å². The maximum Gasteiger partial charge on any atom is 0.271 e. The van der Waals surface area contributed by atoms with Gasteiger partial charge in [-0.15, -0.1) is 0 Å². The number of nitro groups is 1. The Hall–Kier alpha value is -2.67. The Morgan fingerprint density at radius 3 is 2.30 bits per heavy atom. The van der Waals surface area contributed by atoms with Crippen LogP contribution in [0.3, 0.4) is 0 Å². The van der Waals surface area contributed by atoms with Crippen molar-refractivity contribution in [3.05, 3.63) is 58.6 Å². The Morgan fingerprint density at radius 1 is 1.10 bits per heavy atom. The van der Waals surface area contributed by atoms with Gasteiger partial charge < -0.3 is 15.7 Å². The van der Waals surface area contributed by atoms with Crippen molar-refractivity contribution in [1.29, 1.82) is 0 Å². The van der Waals surface area contributed by atoms with E-state index in [1.807, 2.05) is 0 Å². The Morgan fingerprint density at radius 2 is 1.70 bits per heavy atom. The molecule has 20 heavy (non-hydrogen) atoms. The molecule has 0 saturated heterocycles. The van der Waals surface area contributed by atoms with E-state index in [2.05, 4.69) is 10.6 Å². The number of non-ortho nitro benzene ring substituents is 1.